The molecule has 0 aliphatic rings. The summed E-state index contributed by atoms with van der Waals surface area (Å²) in [5.74, 6) is 0.200. The average molecular weight is 448 g/mol. The highest BCUT2D eigenvalue weighted by Crippen LogP contribution is 2.33. The second-order valence-electron chi connectivity index (χ2n) is 6.71. The zero-order chi connectivity index (χ0) is 22.2. The number of hydrogen-bond acceptors (Lipinski definition) is 7. The number of aromatic nitrogens is 4. The molecule has 0 saturated carbocycles. The summed E-state index contributed by atoms with van der Waals surface area (Å²) in [6.07, 6.45) is -1.56. The Morgan fingerprint density at radius 3 is 2.61 bits per heavy atom. The van der Waals surface area contributed by atoms with Crippen molar-refractivity contribution in [2.75, 3.05) is 0 Å². The van der Waals surface area contributed by atoms with Gasteiger partial charge in [0, 0.05) is 40.7 Å². The molecular formula is C20H15F3N4O3S. The van der Waals surface area contributed by atoms with Crippen molar-refractivity contribution in [1.82, 2.24) is 19.7 Å². The lowest BCUT2D eigenvalue weighted by atomic mass is 10.1. The molecule has 0 atom stereocenters. The van der Waals surface area contributed by atoms with Gasteiger partial charge in [0.05, 0.1) is 0 Å². The standard InChI is InChI=1S/C20H15F3N4O3S/c1-11-15(28)3-2-14-13(8-16(29)30-17(11)14)9-31-19-26-25-18(12-4-6-24-7-5-12)27(19)10-20(21,22)23/h2-8,28H,9-10H2,1H3. The first-order valence-electron chi connectivity index (χ1n) is 9.01. The van der Waals surface area contributed by atoms with Crippen molar-refractivity contribution in [2.45, 2.75) is 30.6 Å². The number of hydrogen-bond donors (Lipinski definition) is 1. The van der Waals surface area contributed by atoms with Crippen LogP contribution >= 0.6 is 11.8 Å². The molecule has 0 bridgehead atoms. The maximum absolute atomic E-state index is 13.2. The normalized spacial score (nSPS) is 11.9. The lowest BCUT2D eigenvalue weighted by Gasteiger charge is -2.13. The van der Waals surface area contributed by atoms with Gasteiger partial charge in [-0.15, -0.1) is 10.2 Å². The number of aromatic hydroxyl groups is 1. The van der Waals surface area contributed by atoms with E-state index in [1.54, 1.807) is 25.1 Å². The summed E-state index contributed by atoms with van der Waals surface area (Å²) in [5.41, 5.74) is 1.02. The first-order valence-corrected chi connectivity index (χ1v) is 10.00. The molecule has 0 aliphatic carbocycles. The Balaban J connectivity index is 1.72. The van der Waals surface area contributed by atoms with E-state index in [9.17, 15) is 23.1 Å². The molecular weight excluding hydrogens is 433 g/mol. The molecule has 7 nitrogen and oxygen atoms in total. The zero-order valence-corrected chi connectivity index (χ0v) is 16.9. The second-order valence-corrected chi connectivity index (χ2v) is 7.65. The van der Waals surface area contributed by atoms with Crippen LogP contribution in [0.2, 0.25) is 0 Å². The summed E-state index contributed by atoms with van der Waals surface area (Å²) < 4.78 is 45.9. The second kappa shape index (κ2) is 8.06. The highest BCUT2D eigenvalue weighted by atomic mass is 32.2. The number of phenolic OH excluding ortho intramolecular Hbond substituents is 1. The molecule has 0 saturated heterocycles. The minimum Gasteiger partial charge on any atom is -0.508 e. The largest absolute Gasteiger partial charge is 0.508 e. The fraction of sp³-hybridized carbons (Fsp3) is 0.200. The maximum atomic E-state index is 13.2. The Morgan fingerprint density at radius 1 is 1.16 bits per heavy atom. The van der Waals surface area contributed by atoms with Crippen LogP contribution < -0.4 is 5.63 Å². The van der Waals surface area contributed by atoms with Gasteiger partial charge >= 0.3 is 11.8 Å². The van der Waals surface area contributed by atoms with Gasteiger partial charge in [0.25, 0.3) is 0 Å². The molecule has 31 heavy (non-hydrogen) atoms. The van der Waals surface area contributed by atoms with Crippen LogP contribution in [0.3, 0.4) is 0 Å². The molecule has 11 heteroatoms. The van der Waals surface area contributed by atoms with Crippen molar-refractivity contribution < 1.29 is 22.7 Å². The number of thioether (sulfide) groups is 1. The van der Waals surface area contributed by atoms with E-state index in [0.717, 1.165) is 16.3 Å². The molecule has 1 aromatic carbocycles. The minimum atomic E-state index is -4.48. The van der Waals surface area contributed by atoms with Crippen LogP contribution in [-0.2, 0) is 12.3 Å². The fourth-order valence-corrected chi connectivity index (χ4v) is 4.04. The molecule has 4 rings (SSSR count). The Kier molecular flexibility index (Phi) is 5.44. The summed E-state index contributed by atoms with van der Waals surface area (Å²) >= 11 is 1.02. The van der Waals surface area contributed by atoms with Crippen molar-refractivity contribution in [2.24, 2.45) is 0 Å². The van der Waals surface area contributed by atoms with Gasteiger partial charge in [-0.05, 0) is 36.8 Å². The molecule has 4 aromatic rings. The number of pyridine rings is 1. The summed E-state index contributed by atoms with van der Waals surface area (Å²) in [6, 6.07) is 7.45. The van der Waals surface area contributed by atoms with Gasteiger partial charge in [-0.3, -0.25) is 9.55 Å². The van der Waals surface area contributed by atoms with Crippen LogP contribution in [-0.4, -0.2) is 31.0 Å². The number of aryl methyl sites for hydroxylation is 1. The number of rotatable bonds is 5. The lowest BCUT2D eigenvalue weighted by molar-refractivity contribution is -0.141. The monoisotopic (exact) mass is 448 g/mol. The SMILES string of the molecule is Cc1c(O)ccc2c(CSc3nnc(-c4ccncc4)n3CC(F)(F)F)cc(=O)oc12. The lowest BCUT2D eigenvalue weighted by Crippen LogP contribution is -2.19. The molecule has 3 aromatic heterocycles. The van der Waals surface area contributed by atoms with Crippen molar-refractivity contribution in [1.29, 1.82) is 0 Å². The fourth-order valence-electron chi connectivity index (χ4n) is 3.11. The molecule has 3 heterocycles. The quantitative estimate of drug-likeness (QED) is 0.359. The number of phenols is 1. The highest BCUT2D eigenvalue weighted by molar-refractivity contribution is 7.98. The van der Waals surface area contributed by atoms with Crippen LogP contribution in [0, 0.1) is 6.92 Å². The Bertz CT molecular complexity index is 1300. The minimum absolute atomic E-state index is 0.0210. The maximum Gasteiger partial charge on any atom is 0.406 e. The predicted molar refractivity (Wildman–Crippen MR) is 108 cm³/mol. The summed E-state index contributed by atoms with van der Waals surface area (Å²) in [6.45, 7) is 0.350. The van der Waals surface area contributed by atoms with E-state index in [-0.39, 0.29) is 28.1 Å². The van der Waals surface area contributed by atoms with E-state index in [1.165, 1.54) is 24.5 Å². The van der Waals surface area contributed by atoms with Crippen molar-refractivity contribution in [3.63, 3.8) is 0 Å². The van der Waals surface area contributed by atoms with Crippen molar-refractivity contribution in [3.8, 4) is 17.1 Å². The molecule has 0 radical (unpaired) electrons. The third-order valence-corrected chi connectivity index (χ3v) is 5.58. The molecule has 160 valence electrons. The van der Waals surface area contributed by atoms with Gasteiger partial charge in [0.2, 0.25) is 0 Å². The number of alkyl halides is 3. The summed E-state index contributed by atoms with van der Waals surface area (Å²) in [7, 11) is 0. The van der Waals surface area contributed by atoms with Crippen LogP contribution in [0.1, 0.15) is 11.1 Å². The van der Waals surface area contributed by atoms with Gasteiger partial charge in [-0.25, -0.2) is 4.79 Å². The number of halogens is 3. The third-order valence-electron chi connectivity index (χ3n) is 4.57. The first-order chi connectivity index (χ1) is 14.7. The predicted octanol–water partition coefficient (Wildman–Crippen LogP) is 4.32. The Labute approximate surface area is 177 Å². The van der Waals surface area contributed by atoms with E-state index >= 15 is 0 Å². The van der Waals surface area contributed by atoms with Crippen LogP contribution in [0.25, 0.3) is 22.4 Å². The van der Waals surface area contributed by atoms with E-state index in [4.69, 9.17) is 4.42 Å². The molecule has 0 fully saturated rings. The first kappa shape index (κ1) is 20.9. The van der Waals surface area contributed by atoms with E-state index in [0.29, 0.717) is 22.1 Å². The smallest absolute Gasteiger partial charge is 0.406 e. The topological polar surface area (TPSA) is 94.0 Å². The average Bonchev–Trinajstić information content (AvgIpc) is 3.10. The number of benzene rings is 1. The third kappa shape index (κ3) is 4.41. The van der Waals surface area contributed by atoms with Gasteiger partial charge in [0.1, 0.15) is 17.9 Å². The van der Waals surface area contributed by atoms with Crippen LogP contribution in [0.15, 0.2) is 57.1 Å². The highest BCUT2D eigenvalue weighted by Gasteiger charge is 2.31. The molecule has 0 amide bonds. The molecule has 0 spiro atoms. The van der Waals surface area contributed by atoms with Crippen molar-refractivity contribution >= 4 is 22.7 Å². The Hall–Kier alpha value is -3.34. The summed E-state index contributed by atoms with van der Waals surface area (Å²) in [4.78, 5) is 15.8. The van der Waals surface area contributed by atoms with Gasteiger partial charge in [-0.1, -0.05) is 11.8 Å². The Morgan fingerprint density at radius 2 is 1.90 bits per heavy atom. The summed E-state index contributed by atoms with van der Waals surface area (Å²) in [5, 5.41) is 18.4. The van der Waals surface area contributed by atoms with Crippen molar-refractivity contribution in [3.05, 3.63) is 64.3 Å². The van der Waals surface area contributed by atoms with E-state index in [2.05, 4.69) is 15.2 Å². The molecule has 0 aliphatic heterocycles. The van der Waals surface area contributed by atoms with E-state index < -0.39 is 18.3 Å². The van der Waals surface area contributed by atoms with Crippen LogP contribution in [0.5, 0.6) is 5.75 Å². The number of nitrogens with zero attached hydrogens (tertiary/aromatic N) is 4. The zero-order valence-electron chi connectivity index (χ0n) is 16.1. The molecule has 1 N–H and O–H groups in total. The number of fused-ring (bicyclic) bond motifs is 1. The van der Waals surface area contributed by atoms with Gasteiger partial charge in [0.15, 0.2) is 11.0 Å². The van der Waals surface area contributed by atoms with E-state index in [1.807, 2.05) is 0 Å². The van der Waals surface area contributed by atoms with Crippen LogP contribution in [0.4, 0.5) is 13.2 Å². The molecule has 0 unspecified atom stereocenters. The van der Waals surface area contributed by atoms with Gasteiger partial charge < -0.3 is 9.52 Å². The van der Waals surface area contributed by atoms with Gasteiger partial charge in [-0.2, -0.15) is 13.2 Å².